The SMILES string of the molecule is CCOc1cc(C(=O)Nc2nccn2C)cc(OCC)c1OCC. The molecule has 0 spiro atoms. The van der Waals surface area contributed by atoms with Gasteiger partial charge in [-0.3, -0.25) is 10.1 Å². The molecule has 0 saturated heterocycles. The monoisotopic (exact) mass is 333 g/mol. The standard InChI is InChI=1S/C17H23N3O4/c1-5-22-13-10-12(11-14(23-6-2)15(13)24-7-3)16(21)19-17-18-8-9-20(17)4/h8-11H,5-7H2,1-4H3,(H,18,19,21). The van der Waals surface area contributed by atoms with Crippen molar-refractivity contribution in [1.29, 1.82) is 0 Å². The summed E-state index contributed by atoms with van der Waals surface area (Å²) in [6.07, 6.45) is 3.37. The lowest BCUT2D eigenvalue weighted by atomic mass is 10.1. The van der Waals surface area contributed by atoms with Crippen molar-refractivity contribution in [2.24, 2.45) is 7.05 Å². The maximum Gasteiger partial charge on any atom is 0.258 e. The van der Waals surface area contributed by atoms with E-state index in [1.54, 1.807) is 36.1 Å². The minimum absolute atomic E-state index is 0.297. The van der Waals surface area contributed by atoms with Crippen molar-refractivity contribution in [2.75, 3.05) is 25.1 Å². The van der Waals surface area contributed by atoms with Gasteiger partial charge in [0.15, 0.2) is 11.5 Å². The third-order valence-electron chi connectivity index (χ3n) is 3.22. The van der Waals surface area contributed by atoms with Crippen LogP contribution < -0.4 is 19.5 Å². The number of hydrogen-bond acceptors (Lipinski definition) is 5. The maximum atomic E-state index is 12.5. The van der Waals surface area contributed by atoms with E-state index in [0.29, 0.717) is 48.6 Å². The molecule has 0 aliphatic carbocycles. The maximum absolute atomic E-state index is 12.5. The van der Waals surface area contributed by atoms with Gasteiger partial charge in [-0.2, -0.15) is 0 Å². The van der Waals surface area contributed by atoms with Gasteiger partial charge in [-0.05, 0) is 32.9 Å². The first-order valence-corrected chi connectivity index (χ1v) is 7.95. The third-order valence-corrected chi connectivity index (χ3v) is 3.22. The fourth-order valence-corrected chi connectivity index (χ4v) is 2.18. The number of rotatable bonds is 8. The Morgan fingerprint density at radius 2 is 1.67 bits per heavy atom. The third kappa shape index (κ3) is 3.98. The summed E-state index contributed by atoms with van der Waals surface area (Å²) in [6.45, 7) is 7.01. The highest BCUT2D eigenvalue weighted by atomic mass is 16.5. The number of carbonyl (C=O) groups excluding carboxylic acids is 1. The second-order valence-electron chi connectivity index (χ2n) is 4.92. The number of amides is 1. The fourth-order valence-electron chi connectivity index (χ4n) is 2.18. The molecule has 1 aromatic carbocycles. The van der Waals surface area contributed by atoms with Crippen LogP contribution in [0.5, 0.6) is 17.2 Å². The minimum Gasteiger partial charge on any atom is -0.490 e. The second-order valence-corrected chi connectivity index (χ2v) is 4.92. The van der Waals surface area contributed by atoms with Crippen molar-refractivity contribution < 1.29 is 19.0 Å². The summed E-state index contributed by atoms with van der Waals surface area (Å²) in [5.41, 5.74) is 0.411. The van der Waals surface area contributed by atoms with E-state index in [0.717, 1.165) is 0 Å². The summed E-state index contributed by atoms with van der Waals surface area (Å²) in [4.78, 5) is 16.6. The molecule has 7 nitrogen and oxygen atoms in total. The molecule has 2 rings (SSSR count). The smallest absolute Gasteiger partial charge is 0.258 e. The van der Waals surface area contributed by atoms with Crippen LogP contribution in [-0.4, -0.2) is 35.3 Å². The summed E-state index contributed by atoms with van der Waals surface area (Å²) in [5.74, 6) is 1.64. The number of imidazole rings is 1. The van der Waals surface area contributed by atoms with E-state index in [1.165, 1.54) is 0 Å². The summed E-state index contributed by atoms with van der Waals surface area (Å²) < 4.78 is 18.6. The Morgan fingerprint density at radius 3 is 2.12 bits per heavy atom. The molecule has 0 atom stereocenters. The number of aryl methyl sites for hydroxylation is 1. The van der Waals surface area contributed by atoms with Gasteiger partial charge in [-0.1, -0.05) is 0 Å². The molecular weight excluding hydrogens is 310 g/mol. The number of nitrogens with zero attached hydrogens (tertiary/aromatic N) is 2. The summed E-state index contributed by atoms with van der Waals surface area (Å²) >= 11 is 0. The number of benzene rings is 1. The van der Waals surface area contributed by atoms with E-state index in [9.17, 15) is 4.79 Å². The van der Waals surface area contributed by atoms with E-state index in [1.807, 2.05) is 20.8 Å². The van der Waals surface area contributed by atoms with Gasteiger partial charge in [0.25, 0.3) is 5.91 Å². The molecular formula is C17H23N3O4. The van der Waals surface area contributed by atoms with Crippen molar-refractivity contribution in [2.45, 2.75) is 20.8 Å². The van der Waals surface area contributed by atoms with E-state index in [4.69, 9.17) is 14.2 Å². The van der Waals surface area contributed by atoms with Crippen molar-refractivity contribution in [3.05, 3.63) is 30.1 Å². The molecule has 1 aromatic heterocycles. The Bertz CT molecular complexity index is 670. The van der Waals surface area contributed by atoms with E-state index < -0.39 is 0 Å². The molecule has 0 bridgehead atoms. The van der Waals surface area contributed by atoms with Crippen LogP contribution in [0.3, 0.4) is 0 Å². The first-order chi connectivity index (χ1) is 11.6. The Morgan fingerprint density at radius 1 is 1.08 bits per heavy atom. The molecule has 1 heterocycles. The van der Waals surface area contributed by atoms with Gasteiger partial charge in [0, 0.05) is 25.0 Å². The number of carbonyl (C=O) groups is 1. The highest BCUT2D eigenvalue weighted by Crippen LogP contribution is 2.39. The molecule has 2 aromatic rings. The van der Waals surface area contributed by atoms with Gasteiger partial charge in [-0.25, -0.2) is 4.98 Å². The zero-order valence-corrected chi connectivity index (χ0v) is 14.5. The first-order valence-electron chi connectivity index (χ1n) is 7.95. The molecule has 1 amide bonds. The van der Waals surface area contributed by atoms with Crippen LogP contribution in [0.25, 0.3) is 0 Å². The number of nitrogens with one attached hydrogen (secondary N) is 1. The van der Waals surface area contributed by atoms with Crippen molar-refractivity contribution >= 4 is 11.9 Å². The Hall–Kier alpha value is -2.70. The Labute approximate surface area is 141 Å². The van der Waals surface area contributed by atoms with E-state index in [2.05, 4.69) is 10.3 Å². The summed E-state index contributed by atoms with van der Waals surface area (Å²) in [5, 5.41) is 2.76. The molecule has 0 aliphatic heterocycles. The first kappa shape index (κ1) is 17.7. The Balaban J connectivity index is 2.38. The van der Waals surface area contributed by atoms with E-state index in [-0.39, 0.29) is 5.91 Å². The molecule has 0 radical (unpaired) electrons. The van der Waals surface area contributed by atoms with Crippen LogP contribution in [-0.2, 0) is 7.05 Å². The van der Waals surface area contributed by atoms with Crippen LogP contribution in [0.1, 0.15) is 31.1 Å². The lowest BCUT2D eigenvalue weighted by Crippen LogP contribution is -2.15. The Kier molecular flexibility index (Phi) is 6.06. The molecule has 24 heavy (non-hydrogen) atoms. The second kappa shape index (κ2) is 8.24. The number of ether oxygens (including phenoxy) is 3. The van der Waals surface area contributed by atoms with Crippen LogP contribution in [0.4, 0.5) is 5.95 Å². The molecule has 0 saturated carbocycles. The van der Waals surface area contributed by atoms with Gasteiger partial charge >= 0.3 is 0 Å². The van der Waals surface area contributed by atoms with Crippen molar-refractivity contribution in [3.8, 4) is 17.2 Å². The highest BCUT2D eigenvalue weighted by molar-refractivity contribution is 6.04. The minimum atomic E-state index is -0.297. The zero-order valence-electron chi connectivity index (χ0n) is 14.5. The normalized spacial score (nSPS) is 10.3. The predicted octanol–water partition coefficient (Wildman–Crippen LogP) is 2.87. The van der Waals surface area contributed by atoms with Gasteiger partial charge in [-0.15, -0.1) is 0 Å². The van der Waals surface area contributed by atoms with Crippen LogP contribution in [0.15, 0.2) is 24.5 Å². The van der Waals surface area contributed by atoms with Crippen LogP contribution in [0, 0.1) is 0 Å². The lowest BCUT2D eigenvalue weighted by molar-refractivity contribution is 0.102. The lowest BCUT2D eigenvalue weighted by Gasteiger charge is -2.17. The molecule has 7 heteroatoms. The highest BCUT2D eigenvalue weighted by Gasteiger charge is 2.19. The predicted molar refractivity (Wildman–Crippen MR) is 91.1 cm³/mol. The number of anilines is 1. The summed E-state index contributed by atoms with van der Waals surface area (Å²) in [7, 11) is 1.80. The summed E-state index contributed by atoms with van der Waals surface area (Å²) in [6, 6.07) is 3.30. The average molecular weight is 333 g/mol. The van der Waals surface area contributed by atoms with Crippen molar-refractivity contribution in [3.63, 3.8) is 0 Å². The van der Waals surface area contributed by atoms with Crippen LogP contribution in [0.2, 0.25) is 0 Å². The largest absolute Gasteiger partial charge is 0.490 e. The topological polar surface area (TPSA) is 74.6 Å². The average Bonchev–Trinajstić information content (AvgIpc) is 2.95. The zero-order chi connectivity index (χ0) is 17.5. The van der Waals surface area contributed by atoms with Gasteiger partial charge in [0.2, 0.25) is 11.7 Å². The molecule has 1 N–H and O–H groups in total. The molecule has 0 aliphatic rings. The fraction of sp³-hybridized carbons (Fsp3) is 0.412. The molecule has 130 valence electrons. The molecule has 0 unspecified atom stereocenters. The van der Waals surface area contributed by atoms with Crippen LogP contribution >= 0.6 is 0 Å². The number of aromatic nitrogens is 2. The molecule has 0 fully saturated rings. The van der Waals surface area contributed by atoms with E-state index >= 15 is 0 Å². The van der Waals surface area contributed by atoms with Gasteiger partial charge in [0.05, 0.1) is 19.8 Å². The van der Waals surface area contributed by atoms with Gasteiger partial charge < -0.3 is 18.8 Å². The quantitative estimate of drug-likeness (QED) is 0.804. The van der Waals surface area contributed by atoms with Crippen molar-refractivity contribution in [1.82, 2.24) is 9.55 Å². The number of hydrogen-bond donors (Lipinski definition) is 1. The van der Waals surface area contributed by atoms with Gasteiger partial charge in [0.1, 0.15) is 0 Å².